The van der Waals surface area contributed by atoms with E-state index >= 15 is 0 Å². The quantitative estimate of drug-likeness (QED) is 0.854. The minimum atomic E-state index is -0.617. The van der Waals surface area contributed by atoms with Gasteiger partial charge in [-0.3, -0.25) is 4.79 Å². The van der Waals surface area contributed by atoms with E-state index in [4.69, 9.17) is 22.1 Å². The van der Waals surface area contributed by atoms with Crippen molar-refractivity contribution in [2.24, 2.45) is 11.7 Å². The average molecular weight is 271 g/mol. The highest BCUT2D eigenvalue weighted by Crippen LogP contribution is 2.19. The van der Waals surface area contributed by atoms with Crippen molar-refractivity contribution in [1.82, 2.24) is 10.2 Å². The van der Waals surface area contributed by atoms with Crippen LogP contribution in [-0.2, 0) is 4.74 Å². The summed E-state index contributed by atoms with van der Waals surface area (Å²) in [6, 6.07) is 1.56. The number of amides is 1. The fraction of sp³-hybridized carbons (Fsp3) is 0.545. The summed E-state index contributed by atoms with van der Waals surface area (Å²) in [7, 11) is 0. The maximum atomic E-state index is 11.2. The highest BCUT2D eigenvalue weighted by Gasteiger charge is 2.16. The minimum absolute atomic E-state index is 0.117. The molecule has 3 N–H and O–H groups in total. The molecule has 1 saturated heterocycles. The van der Waals surface area contributed by atoms with Crippen LogP contribution in [0, 0.1) is 5.92 Å². The van der Waals surface area contributed by atoms with Gasteiger partial charge in [0.25, 0.3) is 5.91 Å². The van der Waals surface area contributed by atoms with Crippen LogP contribution in [0.2, 0.25) is 5.15 Å². The molecule has 6 nitrogen and oxygen atoms in total. The van der Waals surface area contributed by atoms with Gasteiger partial charge in [0, 0.05) is 25.8 Å². The maximum Gasteiger partial charge on any atom is 0.271 e. The first-order valence-electron chi connectivity index (χ1n) is 5.81. The van der Waals surface area contributed by atoms with Crippen molar-refractivity contribution in [3.63, 3.8) is 0 Å². The Morgan fingerprint density at radius 1 is 1.50 bits per heavy atom. The Kier molecular flexibility index (Phi) is 4.33. The maximum absolute atomic E-state index is 11.2. The van der Waals surface area contributed by atoms with Crippen LogP contribution in [0.5, 0.6) is 0 Å². The average Bonchev–Trinajstić information content (AvgIpc) is 2.37. The van der Waals surface area contributed by atoms with E-state index in [1.807, 2.05) is 0 Å². The predicted molar refractivity (Wildman–Crippen MR) is 67.6 cm³/mol. The Balaban J connectivity index is 2.03. The number of nitrogens with zero attached hydrogens (tertiary/aromatic N) is 2. The molecule has 1 fully saturated rings. The van der Waals surface area contributed by atoms with Gasteiger partial charge in [0.15, 0.2) is 10.8 Å². The molecule has 0 spiro atoms. The molecule has 2 heterocycles. The number of rotatable bonds is 4. The summed E-state index contributed by atoms with van der Waals surface area (Å²) >= 11 is 5.76. The largest absolute Gasteiger partial charge is 0.383 e. The van der Waals surface area contributed by atoms with Crippen LogP contribution in [0.25, 0.3) is 0 Å². The molecule has 0 atom stereocenters. The van der Waals surface area contributed by atoms with Crippen LogP contribution in [0.4, 0.5) is 5.69 Å². The lowest BCUT2D eigenvalue weighted by atomic mass is 10.0. The number of carbonyl (C=O) groups excluding carboxylic acids is 1. The number of aromatic nitrogens is 2. The molecule has 0 aliphatic carbocycles. The van der Waals surface area contributed by atoms with E-state index < -0.39 is 5.91 Å². The van der Waals surface area contributed by atoms with E-state index in [1.165, 1.54) is 0 Å². The third-order valence-electron chi connectivity index (χ3n) is 2.92. The summed E-state index contributed by atoms with van der Waals surface area (Å²) in [6.45, 7) is 2.31. The van der Waals surface area contributed by atoms with Gasteiger partial charge < -0.3 is 15.8 Å². The molecule has 0 unspecified atom stereocenters. The van der Waals surface area contributed by atoms with Gasteiger partial charge in [-0.25, -0.2) is 0 Å². The molecule has 0 bridgehead atoms. The normalized spacial score (nSPS) is 16.5. The zero-order chi connectivity index (χ0) is 13.0. The zero-order valence-electron chi connectivity index (χ0n) is 9.86. The standard InChI is InChI=1S/C11H15ClN4O2/c12-9-5-8(10(11(13)17)16-15-9)14-6-7-1-3-18-4-2-7/h5,7H,1-4,6H2,(H2,13,17)(H,14,15). The lowest BCUT2D eigenvalue weighted by Gasteiger charge is -2.22. The Labute approximate surface area is 110 Å². The number of hydrogen-bond acceptors (Lipinski definition) is 5. The molecule has 0 radical (unpaired) electrons. The summed E-state index contributed by atoms with van der Waals surface area (Å²) in [4.78, 5) is 11.2. The van der Waals surface area contributed by atoms with Crippen LogP contribution in [-0.4, -0.2) is 35.9 Å². The van der Waals surface area contributed by atoms with Crippen LogP contribution in [0.3, 0.4) is 0 Å². The van der Waals surface area contributed by atoms with Gasteiger partial charge >= 0.3 is 0 Å². The highest BCUT2D eigenvalue weighted by atomic mass is 35.5. The monoisotopic (exact) mass is 270 g/mol. The molecule has 18 heavy (non-hydrogen) atoms. The van der Waals surface area contributed by atoms with Crippen molar-refractivity contribution in [2.45, 2.75) is 12.8 Å². The van der Waals surface area contributed by atoms with Gasteiger partial charge in [0.2, 0.25) is 0 Å². The number of carbonyl (C=O) groups is 1. The Morgan fingerprint density at radius 3 is 2.89 bits per heavy atom. The molecular weight excluding hydrogens is 256 g/mol. The van der Waals surface area contributed by atoms with Crippen molar-refractivity contribution < 1.29 is 9.53 Å². The smallest absolute Gasteiger partial charge is 0.271 e. The van der Waals surface area contributed by atoms with E-state index in [1.54, 1.807) is 6.07 Å². The van der Waals surface area contributed by atoms with Crippen molar-refractivity contribution in [1.29, 1.82) is 0 Å². The fourth-order valence-corrected chi connectivity index (χ4v) is 2.04. The van der Waals surface area contributed by atoms with E-state index in [9.17, 15) is 4.79 Å². The fourth-order valence-electron chi connectivity index (χ4n) is 1.89. The zero-order valence-corrected chi connectivity index (χ0v) is 10.6. The summed E-state index contributed by atoms with van der Waals surface area (Å²) in [5.74, 6) is -0.0972. The molecule has 98 valence electrons. The number of ether oxygens (including phenoxy) is 1. The van der Waals surface area contributed by atoms with Crippen LogP contribution >= 0.6 is 11.6 Å². The van der Waals surface area contributed by atoms with Crippen LogP contribution in [0.1, 0.15) is 23.3 Å². The predicted octanol–water partition coefficient (Wildman–Crippen LogP) is 1.07. The second-order valence-corrected chi connectivity index (χ2v) is 4.62. The van der Waals surface area contributed by atoms with Gasteiger partial charge in [-0.15, -0.1) is 10.2 Å². The first-order valence-corrected chi connectivity index (χ1v) is 6.19. The molecule has 1 aromatic heterocycles. The van der Waals surface area contributed by atoms with Gasteiger partial charge in [-0.2, -0.15) is 0 Å². The highest BCUT2D eigenvalue weighted by molar-refractivity contribution is 6.29. The molecule has 1 amide bonds. The number of halogens is 1. The first-order chi connectivity index (χ1) is 8.66. The molecule has 0 aromatic carbocycles. The Morgan fingerprint density at radius 2 is 2.22 bits per heavy atom. The number of primary amides is 1. The van der Waals surface area contributed by atoms with Crippen molar-refractivity contribution >= 4 is 23.2 Å². The summed E-state index contributed by atoms with van der Waals surface area (Å²) in [6.07, 6.45) is 2.01. The molecule has 2 rings (SSSR count). The Hall–Kier alpha value is -1.40. The van der Waals surface area contributed by atoms with E-state index in [0.717, 1.165) is 32.6 Å². The topological polar surface area (TPSA) is 90.1 Å². The van der Waals surface area contributed by atoms with E-state index in [0.29, 0.717) is 11.6 Å². The SMILES string of the molecule is NC(=O)c1nnc(Cl)cc1NCC1CCOCC1. The summed E-state index contributed by atoms with van der Waals surface area (Å²) in [5.41, 5.74) is 5.88. The van der Waals surface area contributed by atoms with Gasteiger partial charge in [0.1, 0.15) is 0 Å². The second-order valence-electron chi connectivity index (χ2n) is 4.23. The third kappa shape index (κ3) is 3.30. The van der Waals surface area contributed by atoms with Crippen molar-refractivity contribution in [3.05, 3.63) is 16.9 Å². The van der Waals surface area contributed by atoms with Crippen LogP contribution in [0.15, 0.2) is 6.07 Å². The molecule has 7 heteroatoms. The number of nitrogens with one attached hydrogen (secondary N) is 1. The van der Waals surface area contributed by atoms with Gasteiger partial charge in [0.05, 0.1) is 5.69 Å². The lowest BCUT2D eigenvalue weighted by Crippen LogP contribution is -2.24. The molecule has 1 aliphatic rings. The second kappa shape index (κ2) is 5.97. The van der Waals surface area contributed by atoms with Crippen LogP contribution < -0.4 is 11.1 Å². The number of hydrogen-bond donors (Lipinski definition) is 2. The van der Waals surface area contributed by atoms with Gasteiger partial charge in [-0.05, 0) is 18.8 Å². The molecular formula is C11H15ClN4O2. The molecule has 0 saturated carbocycles. The molecule has 1 aliphatic heterocycles. The van der Waals surface area contributed by atoms with Gasteiger partial charge in [-0.1, -0.05) is 11.6 Å². The Bertz CT molecular complexity index is 435. The van der Waals surface area contributed by atoms with E-state index in [2.05, 4.69) is 15.5 Å². The summed E-state index contributed by atoms with van der Waals surface area (Å²) in [5, 5.41) is 10.7. The minimum Gasteiger partial charge on any atom is -0.383 e. The number of nitrogens with two attached hydrogens (primary N) is 1. The third-order valence-corrected chi connectivity index (χ3v) is 3.10. The lowest BCUT2D eigenvalue weighted by molar-refractivity contribution is 0.0699. The number of anilines is 1. The summed E-state index contributed by atoms with van der Waals surface area (Å²) < 4.78 is 5.29. The van der Waals surface area contributed by atoms with E-state index in [-0.39, 0.29) is 10.8 Å². The first kappa shape index (κ1) is 13.0. The van der Waals surface area contributed by atoms with Crippen molar-refractivity contribution in [2.75, 3.05) is 25.1 Å². The van der Waals surface area contributed by atoms with Crippen molar-refractivity contribution in [3.8, 4) is 0 Å². The molecule has 1 aromatic rings.